The lowest BCUT2D eigenvalue weighted by atomic mass is 10.1. The molecule has 0 saturated carbocycles. The second kappa shape index (κ2) is 5.69. The van der Waals surface area contributed by atoms with Crippen LogP contribution in [0.4, 0.5) is 0 Å². The zero-order valence-electron chi connectivity index (χ0n) is 10.3. The Morgan fingerprint density at radius 2 is 2.28 bits per heavy atom. The van der Waals surface area contributed by atoms with Gasteiger partial charge in [-0.15, -0.1) is 11.3 Å². The number of nitrogens with zero attached hydrogens (tertiary/aromatic N) is 1. The minimum atomic E-state index is -0.0570. The highest BCUT2D eigenvalue weighted by molar-refractivity contribution is 7.10. The maximum absolute atomic E-state index is 6.03. The van der Waals surface area contributed by atoms with Gasteiger partial charge in [0.05, 0.1) is 18.3 Å². The van der Waals surface area contributed by atoms with E-state index in [1.165, 1.54) is 0 Å². The molecule has 1 unspecified atom stereocenters. The molecule has 0 radical (unpaired) electrons. The third kappa shape index (κ3) is 2.83. The van der Waals surface area contributed by atoms with Crippen LogP contribution in [-0.4, -0.2) is 11.6 Å². The number of thiazole rings is 1. The summed E-state index contributed by atoms with van der Waals surface area (Å²) in [7, 11) is 0. The van der Waals surface area contributed by atoms with Gasteiger partial charge in [-0.05, 0) is 32.0 Å². The minimum Gasteiger partial charge on any atom is -0.493 e. The first kappa shape index (κ1) is 13.3. The van der Waals surface area contributed by atoms with E-state index < -0.39 is 0 Å². The molecule has 0 aliphatic carbocycles. The molecule has 18 heavy (non-hydrogen) atoms. The van der Waals surface area contributed by atoms with Gasteiger partial charge in [0.15, 0.2) is 0 Å². The normalized spacial score (nSPS) is 12.4. The van der Waals surface area contributed by atoms with E-state index in [-0.39, 0.29) is 6.04 Å². The molecule has 1 aromatic carbocycles. The highest BCUT2D eigenvalue weighted by Gasteiger charge is 2.12. The minimum absolute atomic E-state index is 0.0570. The molecule has 0 aliphatic heterocycles. The maximum Gasteiger partial charge on any atom is 0.128 e. The molecular weight excluding hydrogens is 268 g/mol. The van der Waals surface area contributed by atoms with Gasteiger partial charge < -0.3 is 10.5 Å². The van der Waals surface area contributed by atoms with Gasteiger partial charge >= 0.3 is 0 Å². The number of halogens is 1. The Bertz CT molecular complexity index is 540. The molecule has 0 saturated heterocycles. The molecular formula is C13H15ClN2OS. The third-order valence-electron chi connectivity index (χ3n) is 2.43. The first-order chi connectivity index (χ1) is 8.61. The van der Waals surface area contributed by atoms with Crippen LogP contribution in [0.15, 0.2) is 23.6 Å². The van der Waals surface area contributed by atoms with Crippen LogP contribution in [0.2, 0.25) is 5.02 Å². The topological polar surface area (TPSA) is 48.1 Å². The van der Waals surface area contributed by atoms with E-state index in [1.807, 2.05) is 37.4 Å². The van der Waals surface area contributed by atoms with E-state index in [2.05, 4.69) is 4.98 Å². The van der Waals surface area contributed by atoms with Crippen LogP contribution in [0, 0.1) is 0 Å². The molecule has 5 heteroatoms. The summed E-state index contributed by atoms with van der Waals surface area (Å²) in [6.07, 6.45) is 0. The lowest BCUT2D eigenvalue weighted by Gasteiger charge is -2.08. The lowest BCUT2D eigenvalue weighted by Crippen LogP contribution is -2.04. The maximum atomic E-state index is 6.03. The van der Waals surface area contributed by atoms with E-state index in [4.69, 9.17) is 22.1 Å². The third-order valence-corrected chi connectivity index (χ3v) is 3.71. The Hall–Kier alpha value is -1.10. The fraction of sp³-hybridized carbons (Fsp3) is 0.308. The van der Waals surface area contributed by atoms with Crippen molar-refractivity contribution >= 4 is 22.9 Å². The van der Waals surface area contributed by atoms with Crippen LogP contribution in [0.25, 0.3) is 11.3 Å². The average Bonchev–Trinajstić information content (AvgIpc) is 2.81. The van der Waals surface area contributed by atoms with E-state index >= 15 is 0 Å². The Balaban J connectivity index is 2.44. The zero-order valence-corrected chi connectivity index (χ0v) is 11.9. The first-order valence-corrected chi connectivity index (χ1v) is 7.01. The number of rotatable bonds is 4. The number of nitrogens with two attached hydrogens (primary N) is 1. The summed E-state index contributed by atoms with van der Waals surface area (Å²) in [6.45, 7) is 4.48. The Morgan fingerprint density at radius 1 is 1.50 bits per heavy atom. The largest absolute Gasteiger partial charge is 0.493 e. The summed E-state index contributed by atoms with van der Waals surface area (Å²) in [5, 5.41) is 3.56. The molecule has 0 fully saturated rings. The number of ether oxygens (including phenoxy) is 1. The van der Waals surface area contributed by atoms with Crippen LogP contribution in [-0.2, 0) is 0 Å². The molecule has 1 aromatic heterocycles. The number of aromatic nitrogens is 1. The van der Waals surface area contributed by atoms with Crippen molar-refractivity contribution in [2.75, 3.05) is 6.61 Å². The van der Waals surface area contributed by atoms with Crippen molar-refractivity contribution in [3.8, 4) is 17.0 Å². The van der Waals surface area contributed by atoms with Crippen LogP contribution in [0.1, 0.15) is 24.9 Å². The molecule has 2 N–H and O–H groups in total. The standard InChI is InChI=1S/C13H15ClN2OS/c1-3-17-12-5-4-9(14)6-10(12)11-7-18-13(16-11)8(2)15/h4-8H,3,15H2,1-2H3. The monoisotopic (exact) mass is 282 g/mol. The van der Waals surface area contributed by atoms with Crippen molar-refractivity contribution in [2.45, 2.75) is 19.9 Å². The number of hydrogen-bond acceptors (Lipinski definition) is 4. The van der Waals surface area contributed by atoms with Gasteiger partial charge in [0.2, 0.25) is 0 Å². The van der Waals surface area contributed by atoms with Crippen LogP contribution in [0.3, 0.4) is 0 Å². The molecule has 0 bridgehead atoms. The molecule has 3 nitrogen and oxygen atoms in total. The number of hydrogen-bond donors (Lipinski definition) is 1. The summed E-state index contributed by atoms with van der Waals surface area (Å²) >= 11 is 7.58. The smallest absolute Gasteiger partial charge is 0.128 e. The molecule has 0 aliphatic rings. The van der Waals surface area contributed by atoms with Crippen molar-refractivity contribution in [2.24, 2.45) is 5.73 Å². The van der Waals surface area contributed by atoms with Gasteiger partial charge in [-0.1, -0.05) is 11.6 Å². The highest BCUT2D eigenvalue weighted by atomic mass is 35.5. The molecule has 2 aromatic rings. The molecule has 0 spiro atoms. The van der Waals surface area contributed by atoms with Gasteiger partial charge in [-0.3, -0.25) is 0 Å². The molecule has 2 rings (SSSR count). The summed E-state index contributed by atoms with van der Waals surface area (Å²) < 4.78 is 5.59. The molecule has 1 atom stereocenters. The number of benzene rings is 1. The second-order valence-corrected chi connectivity index (χ2v) is 5.26. The van der Waals surface area contributed by atoms with E-state index in [0.29, 0.717) is 11.6 Å². The van der Waals surface area contributed by atoms with Gasteiger partial charge in [0.1, 0.15) is 10.8 Å². The van der Waals surface area contributed by atoms with E-state index in [1.54, 1.807) is 11.3 Å². The van der Waals surface area contributed by atoms with Gasteiger partial charge in [-0.2, -0.15) is 0 Å². The SMILES string of the molecule is CCOc1ccc(Cl)cc1-c1csc(C(C)N)n1. The predicted octanol–water partition coefficient (Wildman–Crippen LogP) is 3.88. The fourth-order valence-corrected chi connectivity index (χ4v) is 2.55. The lowest BCUT2D eigenvalue weighted by molar-refractivity contribution is 0.341. The van der Waals surface area contributed by atoms with Crippen LogP contribution in [0.5, 0.6) is 5.75 Å². The highest BCUT2D eigenvalue weighted by Crippen LogP contribution is 2.34. The zero-order chi connectivity index (χ0) is 13.1. The van der Waals surface area contributed by atoms with E-state index in [9.17, 15) is 0 Å². The van der Waals surface area contributed by atoms with Crippen molar-refractivity contribution in [1.29, 1.82) is 0 Å². The Labute approximate surface area is 116 Å². The van der Waals surface area contributed by atoms with Gasteiger partial charge in [0.25, 0.3) is 0 Å². The Kier molecular flexibility index (Phi) is 4.22. The summed E-state index contributed by atoms with van der Waals surface area (Å²) in [5.41, 5.74) is 7.59. The Morgan fingerprint density at radius 3 is 2.89 bits per heavy atom. The molecule has 1 heterocycles. The quantitative estimate of drug-likeness (QED) is 0.926. The fourth-order valence-electron chi connectivity index (χ4n) is 1.60. The summed E-state index contributed by atoms with van der Waals surface area (Å²) in [5.74, 6) is 0.795. The van der Waals surface area contributed by atoms with Crippen molar-refractivity contribution in [3.63, 3.8) is 0 Å². The first-order valence-electron chi connectivity index (χ1n) is 5.75. The average molecular weight is 283 g/mol. The summed E-state index contributed by atoms with van der Waals surface area (Å²) in [6, 6.07) is 5.49. The van der Waals surface area contributed by atoms with Crippen molar-refractivity contribution in [1.82, 2.24) is 4.98 Å². The molecule has 0 amide bonds. The second-order valence-electron chi connectivity index (χ2n) is 3.93. The van der Waals surface area contributed by atoms with Crippen LogP contribution < -0.4 is 10.5 Å². The van der Waals surface area contributed by atoms with Crippen molar-refractivity contribution < 1.29 is 4.74 Å². The summed E-state index contributed by atoms with van der Waals surface area (Å²) in [4.78, 5) is 4.52. The predicted molar refractivity (Wildman–Crippen MR) is 76.3 cm³/mol. The van der Waals surface area contributed by atoms with E-state index in [0.717, 1.165) is 22.0 Å². The van der Waals surface area contributed by atoms with Gasteiger partial charge in [0, 0.05) is 16.0 Å². The van der Waals surface area contributed by atoms with Crippen LogP contribution >= 0.6 is 22.9 Å². The molecule has 96 valence electrons. The van der Waals surface area contributed by atoms with Crippen molar-refractivity contribution in [3.05, 3.63) is 33.6 Å². The van der Waals surface area contributed by atoms with Gasteiger partial charge in [-0.25, -0.2) is 4.98 Å².